The van der Waals surface area contributed by atoms with Gasteiger partial charge in [-0.25, -0.2) is 0 Å². The minimum atomic E-state index is 0.407. The van der Waals surface area contributed by atoms with Gasteiger partial charge in [0.15, 0.2) is 0 Å². The second-order valence-corrected chi connectivity index (χ2v) is 2.88. The standard InChI is InChI=1S/C10H11N/c1-8-6-7-9-4-2-3-5-10(9)11-8/h2-7,10-11H,1H3. The van der Waals surface area contributed by atoms with E-state index in [0.717, 1.165) is 0 Å². The van der Waals surface area contributed by atoms with E-state index in [1.807, 2.05) is 0 Å². The van der Waals surface area contributed by atoms with E-state index in [-0.39, 0.29) is 0 Å². The van der Waals surface area contributed by atoms with Gasteiger partial charge in [-0.05, 0) is 18.6 Å². The highest BCUT2D eigenvalue weighted by atomic mass is 14.9. The molecule has 1 heterocycles. The molecule has 1 nitrogen and oxygen atoms in total. The van der Waals surface area contributed by atoms with Crippen LogP contribution in [-0.2, 0) is 0 Å². The minimum absolute atomic E-state index is 0.407. The average Bonchev–Trinajstić information content (AvgIpc) is 2.04. The fourth-order valence-electron chi connectivity index (χ4n) is 1.36. The summed E-state index contributed by atoms with van der Waals surface area (Å²) in [6.45, 7) is 2.08. The first-order valence-corrected chi connectivity index (χ1v) is 3.86. The number of hydrogen-bond acceptors (Lipinski definition) is 1. The SMILES string of the molecule is CC1=CC=C2C=CC=CC2N1. The predicted octanol–water partition coefficient (Wildman–Crippen LogP) is 1.91. The summed E-state index contributed by atoms with van der Waals surface area (Å²) in [7, 11) is 0. The first kappa shape index (κ1) is 6.47. The normalized spacial score (nSPS) is 26.8. The topological polar surface area (TPSA) is 12.0 Å². The lowest BCUT2D eigenvalue weighted by molar-refractivity contribution is 0.747. The Balaban J connectivity index is 2.33. The monoisotopic (exact) mass is 145 g/mol. The van der Waals surface area contributed by atoms with Gasteiger partial charge in [-0.2, -0.15) is 0 Å². The lowest BCUT2D eigenvalue weighted by atomic mass is 9.99. The minimum Gasteiger partial charge on any atom is -0.378 e. The van der Waals surface area contributed by atoms with Crippen molar-refractivity contribution in [3.05, 3.63) is 47.7 Å². The molecule has 56 valence electrons. The molecule has 11 heavy (non-hydrogen) atoms. The van der Waals surface area contributed by atoms with Gasteiger partial charge < -0.3 is 5.32 Å². The third-order valence-corrected chi connectivity index (χ3v) is 1.97. The molecule has 0 saturated carbocycles. The Morgan fingerprint density at radius 1 is 1.27 bits per heavy atom. The molecular formula is C10H11N. The van der Waals surface area contributed by atoms with Gasteiger partial charge in [-0.1, -0.05) is 30.4 Å². The first-order chi connectivity index (χ1) is 5.36. The second-order valence-electron chi connectivity index (χ2n) is 2.88. The maximum Gasteiger partial charge on any atom is 0.0697 e. The first-order valence-electron chi connectivity index (χ1n) is 3.86. The largest absolute Gasteiger partial charge is 0.378 e. The van der Waals surface area contributed by atoms with Gasteiger partial charge >= 0.3 is 0 Å². The summed E-state index contributed by atoms with van der Waals surface area (Å²) in [6.07, 6.45) is 12.7. The molecule has 0 spiro atoms. The zero-order chi connectivity index (χ0) is 7.68. The molecule has 1 heteroatoms. The van der Waals surface area contributed by atoms with E-state index in [9.17, 15) is 0 Å². The van der Waals surface area contributed by atoms with Crippen molar-refractivity contribution in [2.24, 2.45) is 0 Å². The van der Waals surface area contributed by atoms with E-state index in [1.54, 1.807) is 0 Å². The van der Waals surface area contributed by atoms with Gasteiger partial charge in [0.1, 0.15) is 0 Å². The quantitative estimate of drug-likeness (QED) is 0.549. The summed E-state index contributed by atoms with van der Waals surface area (Å²) in [5.74, 6) is 0. The zero-order valence-corrected chi connectivity index (χ0v) is 6.54. The predicted molar refractivity (Wildman–Crippen MR) is 47.0 cm³/mol. The summed E-state index contributed by atoms with van der Waals surface area (Å²) in [6, 6.07) is 0.407. The van der Waals surface area contributed by atoms with E-state index in [4.69, 9.17) is 0 Å². The van der Waals surface area contributed by atoms with Gasteiger partial charge in [-0.15, -0.1) is 0 Å². The van der Waals surface area contributed by atoms with E-state index in [0.29, 0.717) is 6.04 Å². The summed E-state index contributed by atoms with van der Waals surface area (Å²) >= 11 is 0. The molecular weight excluding hydrogens is 134 g/mol. The number of nitrogens with one attached hydrogen (secondary N) is 1. The Kier molecular flexibility index (Phi) is 1.42. The molecule has 0 fully saturated rings. The molecule has 0 saturated heterocycles. The fourth-order valence-corrected chi connectivity index (χ4v) is 1.36. The van der Waals surface area contributed by atoms with Crippen molar-refractivity contribution in [1.29, 1.82) is 0 Å². The highest BCUT2D eigenvalue weighted by Gasteiger charge is 2.12. The molecule has 1 N–H and O–H groups in total. The number of fused-ring (bicyclic) bond motifs is 1. The van der Waals surface area contributed by atoms with Crippen LogP contribution < -0.4 is 5.32 Å². The third kappa shape index (κ3) is 1.14. The molecule has 1 atom stereocenters. The molecule has 0 bridgehead atoms. The maximum atomic E-state index is 3.37. The molecule has 1 aliphatic carbocycles. The van der Waals surface area contributed by atoms with Gasteiger partial charge in [0.05, 0.1) is 6.04 Å². The molecule has 0 aromatic heterocycles. The Morgan fingerprint density at radius 3 is 3.09 bits per heavy atom. The van der Waals surface area contributed by atoms with Crippen molar-refractivity contribution in [3.63, 3.8) is 0 Å². The van der Waals surface area contributed by atoms with Crippen molar-refractivity contribution in [2.75, 3.05) is 0 Å². The van der Waals surface area contributed by atoms with Crippen LogP contribution in [0.15, 0.2) is 47.7 Å². The second kappa shape index (κ2) is 2.42. The van der Waals surface area contributed by atoms with Crippen LogP contribution >= 0.6 is 0 Å². The Morgan fingerprint density at radius 2 is 2.18 bits per heavy atom. The number of allylic oxidation sites excluding steroid dienone is 5. The van der Waals surface area contributed by atoms with Crippen LogP contribution in [0.3, 0.4) is 0 Å². The molecule has 0 amide bonds. The van der Waals surface area contributed by atoms with Crippen LogP contribution in [0, 0.1) is 0 Å². The summed E-state index contributed by atoms with van der Waals surface area (Å²) in [5, 5.41) is 3.37. The van der Waals surface area contributed by atoms with Crippen molar-refractivity contribution in [2.45, 2.75) is 13.0 Å². The molecule has 2 rings (SSSR count). The summed E-state index contributed by atoms with van der Waals surface area (Å²) in [5.41, 5.74) is 2.58. The van der Waals surface area contributed by atoms with Gasteiger partial charge in [-0.3, -0.25) is 0 Å². The number of hydrogen-bond donors (Lipinski definition) is 1. The van der Waals surface area contributed by atoms with Crippen molar-refractivity contribution in [3.8, 4) is 0 Å². The smallest absolute Gasteiger partial charge is 0.0697 e. The molecule has 2 aliphatic rings. The van der Waals surface area contributed by atoms with Gasteiger partial charge in [0.25, 0.3) is 0 Å². The van der Waals surface area contributed by atoms with Gasteiger partial charge in [0.2, 0.25) is 0 Å². The molecule has 0 aromatic carbocycles. The summed E-state index contributed by atoms with van der Waals surface area (Å²) < 4.78 is 0. The van der Waals surface area contributed by atoms with Crippen molar-refractivity contribution >= 4 is 0 Å². The Labute approximate surface area is 66.8 Å². The lowest BCUT2D eigenvalue weighted by Crippen LogP contribution is -2.29. The average molecular weight is 145 g/mol. The maximum absolute atomic E-state index is 3.37. The number of dihydropyridines is 1. The van der Waals surface area contributed by atoms with E-state index in [1.165, 1.54) is 11.3 Å². The Hall–Kier alpha value is -1.24. The van der Waals surface area contributed by atoms with Crippen molar-refractivity contribution < 1.29 is 0 Å². The third-order valence-electron chi connectivity index (χ3n) is 1.97. The van der Waals surface area contributed by atoms with E-state index >= 15 is 0 Å². The van der Waals surface area contributed by atoms with E-state index < -0.39 is 0 Å². The molecule has 0 radical (unpaired) electrons. The highest BCUT2D eigenvalue weighted by molar-refractivity contribution is 5.42. The molecule has 1 unspecified atom stereocenters. The van der Waals surface area contributed by atoms with Gasteiger partial charge in [0, 0.05) is 5.70 Å². The van der Waals surface area contributed by atoms with Crippen LogP contribution in [-0.4, -0.2) is 6.04 Å². The Bertz CT molecular complexity index is 279. The van der Waals surface area contributed by atoms with Crippen LogP contribution in [0.2, 0.25) is 0 Å². The van der Waals surface area contributed by atoms with Crippen LogP contribution in [0.5, 0.6) is 0 Å². The highest BCUT2D eigenvalue weighted by Crippen LogP contribution is 2.16. The lowest BCUT2D eigenvalue weighted by Gasteiger charge is -2.23. The fraction of sp³-hybridized carbons (Fsp3) is 0.200. The number of rotatable bonds is 0. The summed E-state index contributed by atoms with van der Waals surface area (Å²) in [4.78, 5) is 0. The molecule has 1 aliphatic heterocycles. The molecule has 0 aromatic rings. The zero-order valence-electron chi connectivity index (χ0n) is 6.54. The van der Waals surface area contributed by atoms with Crippen molar-refractivity contribution in [1.82, 2.24) is 5.32 Å². The van der Waals surface area contributed by atoms with Crippen LogP contribution in [0.1, 0.15) is 6.92 Å². The van der Waals surface area contributed by atoms with Crippen LogP contribution in [0.4, 0.5) is 0 Å². The van der Waals surface area contributed by atoms with Crippen LogP contribution in [0.25, 0.3) is 0 Å². The van der Waals surface area contributed by atoms with E-state index in [2.05, 4.69) is 48.7 Å².